The third kappa shape index (κ3) is 5.22. The zero-order valence-electron chi connectivity index (χ0n) is 15.7. The molecule has 1 unspecified atom stereocenters. The minimum absolute atomic E-state index is 0.0948. The number of carbonyl (C=O) groups excluding carboxylic acids is 2. The Labute approximate surface area is 178 Å². The third-order valence-electron chi connectivity index (χ3n) is 4.52. The lowest BCUT2D eigenvalue weighted by Crippen LogP contribution is -2.26. The first-order valence-electron chi connectivity index (χ1n) is 8.91. The van der Waals surface area contributed by atoms with Gasteiger partial charge in [-0.15, -0.1) is 0 Å². The quantitative estimate of drug-likeness (QED) is 0.528. The summed E-state index contributed by atoms with van der Waals surface area (Å²) in [5.74, 6) is -0.268. The maximum absolute atomic E-state index is 11.9. The van der Waals surface area contributed by atoms with Crippen molar-refractivity contribution in [2.75, 3.05) is 7.11 Å². The second-order valence-electron chi connectivity index (χ2n) is 6.56. The lowest BCUT2D eigenvalue weighted by molar-refractivity contribution is -0.141. The van der Waals surface area contributed by atoms with Gasteiger partial charge in [0.05, 0.1) is 7.11 Å². The molecule has 3 aromatic rings. The lowest BCUT2D eigenvalue weighted by atomic mass is 10.1. The molecule has 0 fully saturated rings. The number of aromatic nitrogens is 1. The van der Waals surface area contributed by atoms with Crippen molar-refractivity contribution < 1.29 is 19.1 Å². The summed E-state index contributed by atoms with van der Waals surface area (Å²) < 4.78 is 12.3. The van der Waals surface area contributed by atoms with Gasteiger partial charge < -0.3 is 19.8 Å². The van der Waals surface area contributed by atoms with Gasteiger partial charge in [0, 0.05) is 39.6 Å². The Kier molecular flexibility index (Phi) is 6.67. The molecule has 0 saturated heterocycles. The predicted molar refractivity (Wildman–Crippen MR) is 112 cm³/mol. The minimum Gasteiger partial charge on any atom is -0.488 e. The topological polar surface area (TPSA) is 83.5 Å². The summed E-state index contributed by atoms with van der Waals surface area (Å²) in [4.78, 5) is 23.4. The number of amides is 1. The van der Waals surface area contributed by atoms with Crippen molar-refractivity contribution in [2.45, 2.75) is 25.5 Å². The first-order chi connectivity index (χ1) is 13.9. The molecular weight excluding hydrogens is 415 g/mol. The summed E-state index contributed by atoms with van der Waals surface area (Å²) in [6.45, 7) is 0.284. The predicted octanol–water partition coefficient (Wildman–Crippen LogP) is 4.51. The van der Waals surface area contributed by atoms with Gasteiger partial charge >= 0.3 is 5.97 Å². The van der Waals surface area contributed by atoms with E-state index in [0.29, 0.717) is 15.8 Å². The molecule has 0 aliphatic carbocycles. The minimum atomic E-state index is -0.666. The average Bonchev–Trinajstić information content (AvgIpc) is 3.09. The van der Waals surface area contributed by atoms with Crippen LogP contribution >= 0.6 is 23.2 Å². The molecule has 0 radical (unpaired) electrons. The van der Waals surface area contributed by atoms with Gasteiger partial charge in [-0.2, -0.15) is 0 Å². The zero-order chi connectivity index (χ0) is 21.0. The number of primary amides is 1. The third-order valence-corrected chi connectivity index (χ3v) is 4.96. The fourth-order valence-corrected chi connectivity index (χ4v) is 3.69. The first kappa shape index (κ1) is 21.0. The number of hydrogen-bond acceptors (Lipinski definition) is 4. The number of benzene rings is 2. The molecule has 8 heteroatoms. The van der Waals surface area contributed by atoms with Gasteiger partial charge in [-0.1, -0.05) is 35.3 Å². The second kappa shape index (κ2) is 9.20. The van der Waals surface area contributed by atoms with E-state index in [4.69, 9.17) is 33.7 Å². The highest BCUT2D eigenvalue weighted by molar-refractivity contribution is 6.34. The molecule has 0 aliphatic rings. The van der Waals surface area contributed by atoms with Crippen molar-refractivity contribution in [1.82, 2.24) is 4.57 Å². The molecule has 152 valence electrons. The Balaban J connectivity index is 1.84. The van der Waals surface area contributed by atoms with Crippen molar-refractivity contribution in [3.8, 4) is 5.75 Å². The van der Waals surface area contributed by atoms with Crippen molar-refractivity contribution in [1.29, 1.82) is 0 Å². The molecule has 0 bridgehead atoms. The van der Waals surface area contributed by atoms with E-state index in [-0.39, 0.29) is 19.4 Å². The van der Waals surface area contributed by atoms with Crippen molar-refractivity contribution in [3.05, 3.63) is 64.4 Å². The van der Waals surface area contributed by atoms with E-state index in [0.717, 1.165) is 16.3 Å². The molecule has 2 aromatic carbocycles. The van der Waals surface area contributed by atoms with Crippen molar-refractivity contribution >= 4 is 45.9 Å². The van der Waals surface area contributed by atoms with E-state index < -0.39 is 17.9 Å². The van der Waals surface area contributed by atoms with Crippen LogP contribution in [0, 0.1) is 0 Å². The number of nitrogens with two attached hydrogens (primary N) is 1. The number of rotatable bonds is 8. The van der Waals surface area contributed by atoms with Gasteiger partial charge in [-0.05, 0) is 36.2 Å². The average molecular weight is 435 g/mol. The van der Waals surface area contributed by atoms with E-state index in [1.165, 1.54) is 7.11 Å². The maximum atomic E-state index is 11.9. The van der Waals surface area contributed by atoms with Crippen LogP contribution in [0.15, 0.2) is 48.8 Å². The standard InChI is InChI=1S/C21H20Cl2N2O4/c1-28-20(26)6-5-18(21(24)27)25-10-14-3-2-4-19(17(14)11-25)29-12-13-7-15(22)9-16(23)8-13/h2-4,7-11,18H,5-6,12H2,1H3,(H2,24,27). The number of nitrogens with zero attached hydrogens (tertiary/aromatic N) is 1. The Bertz CT molecular complexity index is 1030. The van der Waals surface area contributed by atoms with Crippen LogP contribution in [0.25, 0.3) is 10.8 Å². The summed E-state index contributed by atoms with van der Waals surface area (Å²) in [6.07, 6.45) is 3.95. The number of halogens is 2. The Morgan fingerprint density at radius 1 is 1.14 bits per heavy atom. The fourth-order valence-electron chi connectivity index (χ4n) is 3.11. The highest BCUT2D eigenvalue weighted by Gasteiger charge is 2.20. The molecule has 1 heterocycles. The fraction of sp³-hybridized carbons (Fsp3) is 0.238. The highest BCUT2D eigenvalue weighted by Crippen LogP contribution is 2.30. The lowest BCUT2D eigenvalue weighted by Gasteiger charge is -2.14. The smallest absolute Gasteiger partial charge is 0.305 e. The van der Waals surface area contributed by atoms with Crippen LogP contribution in [0.2, 0.25) is 10.0 Å². The van der Waals surface area contributed by atoms with Crippen LogP contribution in [-0.4, -0.2) is 23.6 Å². The van der Waals surface area contributed by atoms with E-state index in [1.807, 2.05) is 24.4 Å². The monoisotopic (exact) mass is 434 g/mol. The number of ether oxygens (including phenoxy) is 2. The van der Waals surface area contributed by atoms with E-state index in [1.54, 1.807) is 29.0 Å². The molecule has 0 saturated carbocycles. The molecule has 1 atom stereocenters. The number of hydrogen-bond donors (Lipinski definition) is 1. The molecule has 0 spiro atoms. The number of fused-ring (bicyclic) bond motifs is 1. The molecule has 6 nitrogen and oxygen atoms in total. The van der Waals surface area contributed by atoms with E-state index in [9.17, 15) is 9.59 Å². The maximum Gasteiger partial charge on any atom is 0.305 e. The molecule has 2 N–H and O–H groups in total. The van der Waals surface area contributed by atoms with Gasteiger partial charge in [0.1, 0.15) is 18.4 Å². The first-order valence-corrected chi connectivity index (χ1v) is 9.67. The van der Waals surface area contributed by atoms with Gasteiger partial charge in [0.15, 0.2) is 0 Å². The SMILES string of the molecule is COC(=O)CCC(C(N)=O)n1cc2cccc(OCc3cc(Cl)cc(Cl)c3)c2c1. The largest absolute Gasteiger partial charge is 0.488 e. The second-order valence-corrected chi connectivity index (χ2v) is 7.44. The van der Waals surface area contributed by atoms with Crippen LogP contribution in [0.4, 0.5) is 0 Å². The van der Waals surface area contributed by atoms with Gasteiger partial charge in [-0.25, -0.2) is 0 Å². The highest BCUT2D eigenvalue weighted by atomic mass is 35.5. The molecule has 3 rings (SSSR count). The summed E-state index contributed by atoms with van der Waals surface area (Å²) in [7, 11) is 1.31. The van der Waals surface area contributed by atoms with Crippen LogP contribution < -0.4 is 10.5 Å². The van der Waals surface area contributed by atoms with E-state index >= 15 is 0 Å². The Morgan fingerprint density at radius 2 is 1.86 bits per heavy atom. The summed E-state index contributed by atoms with van der Waals surface area (Å²) in [6, 6.07) is 10.2. The van der Waals surface area contributed by atoms with Crippen LogP contribution in [0.5, 0.6) is 5.75 Å². The number of esters is 1. The zero-order valence-corrected chi connectivity index (χ0v) is 17.2. The Hall–Kier alpha value is -2.70. The van der Waals surface area contributed by atoms with E-state index in [2.05, 4.69) is 4.74 Å². The number of carbonyl (C=O) groups is 2. The summed E-state index contributed by atoms with van der Waals surface area (Å²) in [5, 5.41) is 2.78. The van der Waals surface area contributed by atoms with Crippen molar-refractivity contribution in [2.24, 2.45) is 5.73 Å². The van der Waals surface area contributed by atoms with Crippen LogP contribution in [0.1, 0.15) is 24.4 Å². The molecular formula is C21H20Cl2N2O4. The molecule has 0 aliphatic heterocycles. The van der Waals surface area contributed by atoms with Gasteiger partial charge in [0.25, 0.3) is 0 Å². The van der Waals surface area contributed by atoms with Crippen molar-refractivity contribution in [3.63, 3.8) is 0 Å². The Morgan fingerprint density at radius 3 is 2.52 bits per heavy atom. The molecule has 1 amide bonds. The van der Waals surface area contributed by atoms with Crippen LogP contribution in [0.3, 0.4) is 0 Å². The summed E-state index contributed by atoms with van der Waals surface area (Å²) >= 11 is 12.1. The van der Waals surface area contributed by atoms with Crippen LogP contribution in [-0.2, 0) is 20.9 Å². The molecule has 1 aromatic heterocycles. The van der Waals surface area contributed by atoms with Gasteiger partial charge in [0.2, 0.25) is 5.91 Å². The summed E-state index contributed by atoms with van der Waals surface area (Å²) in [5.41, 5.74) is 6.39. The molecule has 29 heavy (non-hydrogen) atoms. The normalized spacial score (nSPS) is 12.0. The number of methoxy groups -OCH3 is 1. The van der Waals surface area contributed by atoms with Gasteiger partial charge in [-0.3, -0.25) is 9.59 Å².